The van der Waals surface area contributed by atoms with E-state index >= 15 is 0 Å². The lowest BCUT2D eigenvalue weighted by Crippen LogP contribution is -2.49. The number of hydrogen-bond acceptors (Lipinski definition) is 3. The predicted molar refractivity (Wildman–Crippen MR) is 51.5 cm³/mol. The molecular weight excluding hydrogens is 182 g/mol. The second kappa shape index (κ2) is 4.44. The maximum Gasteiger partial charge on any atom is 0.318 e. The molecule has 0 radical (unpaired) electrons. The predicted octanol–water partition coefficient (Wildman–Crippen LogP) is 0.710. The third-order valence-electron chi connectivity index (χ3n) is 2.72. The Morgan fingerprint density at radius 2 is 2.21 bits per heavy atom. The second-order valence-corrected chi connectivity index (χ2v) is 3.81. The van der Waals surface area contributed by atoms with E-state index in [1.807, 2.05) is 13.8 Å². The van der Waals surface area contributed by atoms with E-state index < -0.39 is 11.9 Å². The summed E-state index contributed by atoms with van der Waals surface area (Å²) < 4.78 is 4.84. The zero-order valence-corrected chi connectivity index (χ0v) is 8.87. The molecule has 0 aromatic heterocycles. The van der Waals surface area contributed by atoms with Crippen molar-refractivity contribution in [1.29, 1.82) is 0 Å². The molecule has 0 spiro atoms. The van der Waals surface area contributed by atoms with Gasteiger partial charge in [0.15, 0.2) is 0 Å². The quantitative estimate of drug-likeness (QED) is 0.526. The van der Waals surface area contributed by atoms with E-state index in [4.69, 9.17) is 4.74 Å². The lowest BCUT2D eigenvalue weighted by Gasteiger charge is -2.31. The Hall–Kier alpha value is -1.06. The normalized spacial score (nSPS) is 32.2. The summed E-state index contributed by atoms with van der Waals surface area (Å²) in [5, 5.41) is 2.78. The highest BCUT2D eigenvalue weighted by Crippen LogP contribution is 2.22. The van der Waals surface area contributed by atoms with Crippen molar-refractivity contribution in [3.63, 3.8) is 0 Å². The minimum atomic E-state index is -0.610. The van der Waals surface area contributed by atoms with Crippen LogP contribution >= 0.6 is 0 Å². The van der Waals surface area contributed by atoms with E-state index in [-0.39, 0.29) is 11.9 Å². The fourth-order valence-electron chi connectivity index (χ4n) is 1.60. The molecule has 0 saturated carbocycles. The van der Waals surface area contributed by atoms with E-state index in [1.54, 1.807) is 6.92 Å². The van der Waals surface area contributed by atoms with Crippen molar-refractivity contribution in [3.05, 3.63) is 0 Å². The first-order valence-corrected chi connectivity index (χ1v) is 5.03. The molecule has 1 rings (SSSR count). The smallest absolute Gasteiger partial charge is 0.318 e. The molecule has 1 N–H and O–H groups in total. The maximum absolute atomic E-state index is 11.5. The number of carbonyl (C=O) groups excluding carboxylic acids is 2. The molecule has 1 heterocycles. The average Bonchev–Trinajstić information content (AvgIpc) is 2.11. The van der Waals surface area contributed by atoms with Crippen molar-refractivity contribution in [2.45, 2.75) is 33.2 Å². The lowest BCUT2D eigenvalue weighted by atomic mass is 9.86. The largest absolute Gasteiger partial charge is 0.465 e. The molecule has 4 heteroatoms. The van der Waals surface area contributed by atoms with E-state index in [9.17, 15) is 9.59 Å². The van der Waals surface area contributed by atoms with Crippen molar-refractivity contribution in [2.24, 2.45) is 11.8 Å². The van der Waals surface area contributed by atoms with Crippen LogP contribution in [-0.4, -0.2) is 24.5 Å². The molecule has 0 aliphatic carbocycles. The zero-order chi connectivity index (χ0) is 10.7. The molecule has 1 saturated heterocycles. The monoisotopic (exact) mass is 199 g/mol. The van der Waals surface area contributed by atoms with Crippen LogP contribution in [0.2, 0.25) is 0 Å². The molecule has 1 amide bonds. The molecule has 0 aromatic rings. The van der Waals surface area contributed by atoms with Crippen LogP contribution in [0.3, 0.4) is 0 Å². The molecule has 4 nitrogen and oxygen atoms in total. The molecule has 1 aliphatic rings. The van der Waals surface area contributed by atoms with E-state index in [0.717, 1.165) is 0 Å². The Labute approximate surface area is 84.0 Å². The molecule has 0 bridgehead atoms. The molecular formula is C10H17NO3. The van der Waals surface area contributed by atoms with Crippen LogP contribution in [0.5, 0.6) is 0 Å². The maximum atomic E-state index is 11.5. The van der Waals surface area contributed by atoms with Gasteiger partial charge in [-0.25, -0.2) is 0 Å². The van der Waals surface area contributed by atoms with Gasteiger partial charge in [0.25, 0.3) is 0 Å². The molecule has 14 heavy (non-hydrogen) atoms. The van der Waals surface area contributed by atoms with Gasteiger partial charge < -0.3 is 10.1 Å². The molecule has 80 valence electrons. The highest BCUT2D eigenvalue weighted by Gasteiger charge is 2.36. The lowest BCUT2D eigenvalue weighted by molar-refractivity contribution is -0.154. The Morgan fingerprint density at radius 3 is 2.79 bits per heavy atom. The number of carbonyl (C=O) groups is 2. The summed E-state index contributed by atoms with van der Waals surface area (Å²) in [7, 11) is 0. The van der Waals surface area contributed by atoms with Crippen molar-refractivity contribution >= 4 is 11.9 Å². The first kappa shape index (κ1) is 11.0. The van der Waals surface area contributed by atoms with Crippen LogP contribution < -0.4 is 5.32 Å². The summed E-state index contributed by atoms with van der Waals surface area (Å²) in [6.07, 6.45) is 0.589. The number of rotatable bonds is 2. The van der Waals surface area contributed by atoms with Gasteiger partial charge in [0.05, 0.1) is 6.61 Å². The zero-order valence-electron chi connectivity index (χ0n) is 8.87. The van der Waals surface area contributed by atoms with Crippen LogP contribution in [0, 0.1) is 11.8 Å². The van der Waals surface area contributed by atoms with Crippen LogP contribution in [0.25, 0.3) is 0 Å². The molecule has 1 fully saturated rings. The molecule has 0 aromatic carbocycles. The van der Waals surface area contributed by atoms with Gasteiger partial charge in [-0.1, -0.05) is 6.92 Å². The number of esters is 1. The summed E-state index contributed by atoms with van der Waals surface area (Å²) in [6, 6.07) is 0.146. The van der Waals surface area contributed by atoms with Gasteiger partial charge in [0.1, 0.15) is 5.92 Å². The number of amides is 1. The highest BCUT2D eigenvalue weighted by atomic mass is 16.5. The first-order chi connectivity index (χ1) is 6.56. The summed E-state index contributed by atoms with van der Waals surface area (Å²) in [5.74, 6) is -0.888. The van der Waals surface area contributed by atoms with E-state index in [1.165, 1.54) is 0 Å². The summed E-state index contributed by atoms with van der Waals surface area (Å²) in [5.41, 5.74) is 0. The molecule has 3 unspecified atom stereocenters. The van der Waals surface area contributed by atoms with Gasteiger partial charge in [0, 0.05) is 6.04 Å². The van der Waals surface area contributed by atoms with Gasteiger partial charge in [-0.05, 0) is 26.2 Å². The highest BCUT2D eigenvalue weighted by molar-refractivity contribution is 5.98. The van der Waals surface area contributed by atoms with Gasteiger partial charge >= 0.3 is 5.97 Å². The summed E-state index contributed by atoms with van der Waals surface area (Å²) in [4.78, 5) is 22.8. The molecule has 1 aliphatic heterocycles. The van der Waals surface area contributed by atoms with E-state index in [0.29, 0.717) is 18.9 Å². The van der Waals surface area contributed by atoms with Crippen molar-refractivity contribution in [1.82, 2.24) is 5.32 Å². The minimum absolute atomic E-state index is 0.146. The Morgan fingerprint density at radius 1 is 1.57 bits per heavy atom. The second-order valence-electron chi connectivity index (χ2n) is 3.81. The standard InChI is InChI=1S/C10H17NO3/c1-4-14-10(13)8-5-6(2)7(3)11-9(8)12/h6-8H,4-5H2,1-3H3,(H,11,12). The Bertz CT molecular complexity index is 232. The number of ether oxygens (including phenoxy) is 1. The van der Waals surface area contributed by atoms with Crippen molar-refractivity contribution < 1.29 is 14.3 Å². The van der Waals surface area contributed by atoms with Crippen molar-refractivity contribution in [2.75, 3.05) is 6.61 Å². The van der Waals surface area contributed by atoms with Crippen LogP contribution in [0.4, 0.5) is 0 Å². The minimum Gasteiger partial charge on any atom is -0.465 e. The van der Waals surface area contributed by atoms with E-state index in [2.05, 4.69) is 5.32 Å². The van der Waals surface area contributed by atoms with Gasteiger partial charge in [-0.15, -0.1) is 0 Å². The fourth-order valence-corrected chi connectivity index (χ4v) is 1.60. The number of piperidine rings is 1. The third kappa shape index (κ3) is 2.25. The van der Waals surface area contributed by atoms with Crippen molar-refractivity contribution in [3.8, 4) is 0 Å². The molecule has 3 atom stereocenters. The fraction of sp³-hybridized carbons (Fsp3) is 0.800. The summed E-state index contributed by atoms with van der Waals surface area (Å²) >= 11 is 0. The van der Waals surface area contributed by atoms with Gasteiger partial charge in [0.2, 0.25) is 5.91 Å². The topological polar surface area (TPSA) is 55.4 Å². The Balaban J connectivity index is 2.61. The number of nitrogens with one attached hydrogen (secondary N) is 1. The SMILES string of the molecule is CCOC(=O)C1CC(C)C(C)NC1=O. The van der Waals surface area contributed by atoms with Crippen LogP contribution in [-0.2, 0) is 14.3 Å². The first-order valence-electron chi connectivity index (χ1n) is 5.03. The van der Waals surface area contributed by atoms with Crippen LogP contribution in [0.15, 0.2) is 0 Å². The summed E-state index contributed by atoms with van der Waals surface area (Å²) in [6.45, 7) is 6.04. The average molecular weight is 199 g/mol. The number of hydrogen-bond donors (Lipinski definition) is 1. The Kier molecular flexibility index (Phi) is 3.49. The van der Waals surface area contributed by atoms with Gasteiger partial charge in [-0.2, -0.15) is 0 Å². The van der Waals surface area contributed by atoms with Gasteiger partial charge in [-0.3, -0.25) is 9.59 Å². The van der Waals surface area contributed by atoms with Crippen LogP contribution in [0.1, 0.15) is 27.2 Å². The third-order valence-corrected chi connectivity index (χ3v) is 2.72.